The third kappa shape index (κ3) is 4.37. The molecule has 0 unspecified atom stereocenters. The highest BCUT2D eigenvalue weighted by Gasteiger charge is 2.25. The Hall–Kier alpha value is -2.38. The van der Waals surface area contributed by atoms with E-state index in [0.29, 0.717) is 24.5 Å². The highest BCUT2D eigenvalue weighted by molar-refractivity contribution is 7.89. The van der Waals surface area contributed by atoms with Crippen LogP contribution in [0.2, 0.25) is 0 Å². The molecule has 0 bridgehead atoms. The lowest BCUT2D eigenvalue weighted by Gasteiger charge is -2.26. The molecule has 0 atom stereocenters. The first kappa shape index (κ1) is 17.4. The molecule has 1 N–H and O–H groups in total. The number of sulfonamides is 1. The number of anilines is 1. The van der Waals surface area contributed by atoms with Crippen molar-refractivity contribution in [1.29, 1.82) is 0 Å². The molecule has 1 saturated heterocycles. The van der Waals surface area contributed by atoms with Crippen molar-refractivity contribution in [3.05, 3.63) is 54.5 Å². The van der Waals surface area contributed by atoms with Crippen LogP contribution in [0.25, 0.3) is 6.08 Å². The molecule has 3 rings (SSSR count). The Morgan fingerprint density at radius 1 is 1.12 bits per heavy atom. The molecule has 1 aliphatic rings. The van der Waals surface area contributed by atoms with Gasteiger partial charge in [0.05, 0.1) is 11.2 Å². The average Bonchev–Trinajstić information content (AvgIpc) is 3.14. The summed E-state index contributed by atoms with van der Waals surface area (Å²) >= 11 is 0. The first-order valence-corrected chi connectivity index (χ1v) is 9.62. The van der Waals surface area contributed by atoms with Gasteiger partial charge in [-0.15, -0.1) is 0 Å². The molecule has 1 amide bonds. The van der Waals surface area contributed by atoms with Crippen molar-refractivity contribution in [2.45, 2.75) is 24.2 Å². The largest absolute Gasteiger partial charge is 0.465 e. The number of rotatable bonds is 5. The Morgan fingerprint density at radius 2 is 1.92 bits per heavy atom. The predicted octanol–water partition coefficient (Wildman–Crippen LogP) is 3.11. The van der Waals surface area contributed by atoms with Crippen LogP contribution in [-0.4, -0.2) is 31.7 Å². The van der Waals surface area contributed by atoms with Gasteiger partial charge < -0.3 is 9.73 Å². The van der Waals surface area contributed by atoms with Gasteiger partial charge in [-0.05, 0) is 49.2 Å². The minimum atomic E-state index is -3.52. The zero-order valence-electron chi connectivity index (χ0n) is 13.7. The maximum absolute atomic E-state index is 12.7. The maximum atomic E-state index is 12.7. The van der Waals surface area contributed by atoms with Gasteiger partial charge in [-0.1, -0.05) is 12.5 Å². The lowest BCUT2D eigenvalue weighted by molar-refractivity contribution is -0.111. The van der Waals surface area contributed by atoms with Crippen LogP contribution in [0.4, 0.5) is 5.69 Å². The third-order valence-electron chi connectivity index (χ3n) is 4.00. The number of hydrogen-bond acceptors (Lipinski definition) is 4. The molecule has 6 nitrogen and oxygen atoms in total. The molecular formula is C18H20N2O4S. The Morgan fingerprint density at radius 3 is 2.64 bits per heavy atom. The number of benzene rings is 1. The van der Waals surface area contributed by atoms with E-state index in [1.165, 1.54) is 22.7 Å². The van der Waals surface area contributed by atoms with E-state index in [9.17, 15) is 13.2 Å². The maximum Gasteiger partial charge on any atom is 0.248 e. The van der Waals surface area contributed by atoms with Gasteiger partial charge in [0, 0.05) is 24.9 Å². The fraction of sp³-hybridized carbons (Fsp3) is 0.278. The number of amides is 1. The van der Waals surface area contributed by atoms with Crippen molar-refractivity contribution in [3.63, 3.8) is 0 Å². The van der Waals surface area contributed by atoms with Crippen molar-refractivity contribution in [1.82, 2.24) is 4.31 Å². The fourth-order valence-corrected chi connectivity index (χ4v) is 4.28. The second-order valence-electron chi connectivity index (χ2n) is 5.83. The van der Waals surface area contributed by atoms with E-state index in [1.807, 2.05) is 0 Å². The van der Waals surface area contributed by atoms with Gasteiger partial charge in [-0.2, -0.15) is 4.31 Å². The van der Waals surface area contributed by atoms with Crippen LogP contribution in [0.1, 0.15) is 25.0 Å². The SMILES string of the molecule is O=C(/C=C/c1ccco1)Nc1cccc(S(=O)(=O)N2CCCCC2)c1. The molecule has 7 heteroatoms. The monoisotopic (exact) mass is 360 g/mol. The summed E-state index contributed by atoms with van der Waals surface area (Å²) < 4.78 is 32.0. The van der Waals surface area contributed by atoms with E-state index in [-0.39, 0.29) is 10.8 Å². The molecule has 1 aromatic heterocycles. The standard InChI is InChI=1S/C18H20N2O4S/c21-18(10-9-16-7-5-13-24-16)19-15-6-4-8-17(14-15)25(22,23)20-11-2-1-3-12-20/h4-10,13-14H,1-3,11-12H2,(H,19,21)/b10-9+. The van der Waals surface area contributed by atoms with Crippen LogP contribution in [0, 0.1) is 0 Å². The molecule has 1 aliphatic heterocycles. The summed E-state index contributed by atoms with van der Waals surface area (Å²) in [6, 6.07) is 9.79. The smallest absolute Gasteiger partial charge is 0.248 e. The van der Waals surface area contributed by atoms with Gasteiger partial charge in [0.15, 0.2) is 0 Å². The number of furan rings is 1. The van der Waals surface area contributed by atoms with Crippen LogP contribution in [0.3, 0.4) is 0 Å². The van der Waals surface area contributed by atoms with Crippen LogP contribution in [-0.2, 0) is 14.8 Å². The van der Waals surface area contributed by atoms with E-state index >= 15 is 0 Å². The lowest BCUT2D eigenvalue weighted by Crippen LogP contribution is -2.35. The second-order valence-corrected chi connectivity index (χ2v) is 7.77. The zero-order valence-corrected chi connectivity index (χ0v) is 14.5. The number of carbonyl (C=O) groups excluding carboxylic acids is 1. The fourth-order valence-electron chi connectivity index (χ4n) is 2.72. The van der Waals surface area contributed by atoms with E-state index in [2.05, 4.69) is 5.32 Å². The summed E-state index contributed by atoms with van der Waals surface area (Å²) in [7, 11) is -3.52. The molecule has 25 heavy (non-hydrogen) atoms. The quantitative estimate of drug-likeness (QED) is 0.831. The third-order valence-corrected chi connectivity index (χ3v) is 5.89. The summed E-state index contributed by atoms with van der Waals surface area (Å²) in [6.07, 6.45) is 7.23. The van der Waals surface area contributed by atoms with Crippen molar-refractivity contribution < 1.29 is 17.6 Å². The molecule has 132 valence electrons. The Balaban J connectivity index is 1.71. The van der Waals surface area contributed by atoms with Crippen LogP contribution in [0.15, 0.2) is 58.1 Å². The van der Waals surface area contributed by atoms with Gasteiger partial charge >= 0.3 is 0 Å². The molecular weight excluding hydrogens is 340 g/mol. The van der Waals surface area contributed by atoms with E-state index in [1.54, 1.807) is 36.4 Å². The number of nitrogens with zero attached hydrogens (tertiary/aromatic N) is 1. The number of piperidine rings is 1. The molecule has 2 heterocycles. The summed E-state index contributed by atoms with van der Waals surface area (Å²) in [4.78, 5) is 12.2. The van der Waals surface area contributed by atoms with Gasteiger partial charge in [0.1, 0.15) is 5.76 Å². The Labute approximate surface area is 147 Å². The Kier molecular flexibility index (Phi) is 5.35. The van der Waals surface area contributed by atoms with Gasteiger partial charge in [0.2, 0.25) is 15.9 Å². The molecule has 1 fully saturated rings. The number of carbonyl (C=O) groups is 1. The first-order valence-electron chi connectivity index (χ1n) is 8.18. The average molecular weight is 360 g/mol. The second kappa shape index (κ2) is 7.67. The van der Waals surface area contributed by atoms with E-state index in [4.69, 9.17) is 4.42 Å². The highest BCUT2D eigenvalue weighted by atomic mass is 32.2. The molecule has 0 saturated carbocycles. The minimum absolute atomic E-state index is 0.196. The van der Waals surface area contributed by atoms with Crippen LogP contribution < -0.4 is 5.32 Å². The summed E-state index contributed by atoms with van der Waals surface area (Å²) in [5.74, 6) is 0.209. The van der Waals surface area contributed by atoms with Crippen molar-refractivity contribution in [3.8, 4) is 0 Å². The van der Waals surface area contributed by atoms with Crippen LogP contribution >= 0.6 is 0 Å². The van der Waals surface area contributed by atoms with Crippen molar-refractivity contribution in [2.75, 3.05) is 18.4 Å². The van der Waals surface area contributed by atoms with Gasteiger partial charge in [-0.3, -0.25) is 4.79 Å². The molecule has 2 aromatic rings. The number of hydrogen-bond donors (Lipinski definition) is 1. The van der Waals surface area contributed by atoms with E-state index in [0.717, 1.165) is 19.3 Å². The first-order chi connectivity index (χ1) is 12.1. The lowest BCUT2D eigenvalue weighted by atomic mass is 10.2. The Bertz CT molecular complexity index is 851. The van der Waals surface area contributed by atoms with Crippen molar-refractivity contribution in [2.24, 2.45) is 0 Å². The van der Waals surface area contributed by atoms with Gasteiger partial charge in [0.25, 0.3) is 0 Å². The van der Waals surface area contributed by atoms with Crippen molar-refractivity contribution >= 4 is 27.7 Å². The summed E-state index contributed by atoms with van der Waals surface area (Å²) in [6.45, 7) is 1.09. The number of nitrogens with one attached hydrogen (secondary N) is 1. The molecule has 0 radical (unpaired) electrons. The van der Waals surface area contributed by atoms with E-state index < -0.39 is 10.0 Å². The van der Waals surface area contributed by atoms with Crippen LogP contribution in [0.5, 0.6) is 0 Å². The minimum Gasteiger partial charge on any atom is -0.465 e. The zero-order chi connectivity index (χ0) is 17.7. The topological polar surface area (TPSA) is 79.6 Å². The normalized spacial score (nSPS) is 16.2. The predicted molar refractivity (Wildman–Crippen MR) is 95.4 cm³/mol. The van der Waals surface area contributed by atoms with Gasteiger partial charge in [-0.25, -0.2) is 8.42 Å². The highest BCUT2D eigenvalue weighted by Crippen LogP contribution is 2.22. The summed E-state index contributed by atoms with van der Waals surface area (Å²) in [5, 5.41) is 2.67. The summed E-state index contributed by atoms with van der Waals surface area (Å²) in [5.41, 5.74) is 0.437. The molecule has 0 spiro atoms. The molecule has 0 aliphatic carbocycles. The molecule has 1 aromatic carbocycles.